The number of carbonyl (C=O) groups is 1. The molecule has 1 aromatic carbocycles. The fourth-order valence-electron chi connectivity index (χ4n) is 4.08. The lowest BCUT2D eigenvalue weighted by molar-refractivity contribution is 0.0926. The molecule has 3 N–H and O–H groups in total. The number of rotatable bonds is 8. The van der Waals surface area contributed by atoms with E-state index in [0.29, 0.717) is 22.7 Å². The van der Waals surface area contributed by atoms with E-state index in [9.17, 15) is 22.4 Å². The molecule has 10 heteroatoms. The third-order valence-corrected chi connectivity index (χ3v) is 5.73. The van der Waals surface area contributed by atoms with Gasteiger partial charge < -0.3 is 16.0 Å². The first-order valence-electron chi connectivity index (χ1n) is 10.8. The molecule has 1 amide bonds. The number of pyridine rings is 1. The number of nitrogens with zero attached hydrogens (tertiary/aromatic N) is 2. The van der Waals surface area contributed by atoms with E-state index in [1.165, 1.54) is 6.20 Å². The molecule has 0 atom stereocenters. The van der Waals surface area contributed by atoms with E-state index in [2.05, 4.69) is 20.9 Å². The summed E-state index contributed by atoms with van der Waals surface area (Å²) in [5.41, 5.74) is 1.08. The van der Waals surface area contributed by atoms with Crippen molar-refractivity contribution in [2.75, 3.05) is 17.2 Å². The molecule has 0 spiro atoms. The minimum atomic E-state index is -2.63. The van der Waals surface area contributed by atoms with Gasteiger partial charge in [0.2, 0.25) is 0 Å². The second-order valence-corrected chi connectivity index (χ2v) is 8.12. The van der Waals surface area contributed by atoms with Crippen molar-refractivity contribution in [2.24, 2.45) is 0 Å². The van der Waals surface area contributed by atoms with E-state index in [4.69, 9.17) is 0 Å². The number of hydrogen-bond donors (Lipinski definition) is 3. The van der Waals surface area contributed by atoms with Gasteiger partial charge in [0.1, 0.15) is 17.2 Å². The van der Waals surface area contributed by atoms with E-state index in [1.807, 2.05) is 6.07 Å². The molecule has 1 aliphatic carbocycles. The van der Waals surface area contributed by atoms with Crippen LogP contribution in [-0.2, 0) is 0 Å². The van der Waals surface area contributed by atoms with Gasteiger partial charge in [-0.15, -0.1) is 0 Å². The molecule has 0 aliphatic heterocycles. The minimum absolute atomic E-state index is 0.00250. The molecule has 2 aromatic heterocycles. The van der Waals surface area contributed by atoms with Crippen molar-refractivity contribution in [3.63, 3.8) is 0 Å². The highest BCUT2D eigenvalue weighted by molar-refractivity contribution is 5.95. The van der Waals surface area contributed by atoms with Crippen LogP contribution in [0.3, 0.4) is 0 Å². The van der Waals surface area contributed by atoms with Gasteiger partial charge in [0.15, 0.2) is 0 Å². The van der Waals surface area contributed by atoms with Crippen LogP contribution in [-0.4, -0.2) is 40.3 Å². The first kappa shape index (κ1) is 22.9. The van der Waals surface area contributed by atoms with Crippen LogP contribution in [0.25, 0.3) is 5.65 Å². The molecule has 33 heavy (non-hydrogen) atoms. The lowest BCUT2D eigenvalue weighted by Crippen LogP contribution is -2.40. The number of fused-ring (bicyclic) bond motifs is 1. The molecule has 1 aliphatic rings. The number of hydrogen-bond acceptors (Lipinski definition) is 4. The number of alkyl halides is 4. The van der Waals surface area contributed by atoms with Crippen molar-refractivity contribution >= 4 is 23.1 Å². The summed E-state index contributed by atoms with van der Waals surface area (Å²) in [5, 5.41) is 9.03. The summed E-state index contributed by atoms with van der Waals surface area (Å²) >= 11 is 0. The van der Waals surface area contributed by atoms with Crippen LogP contribution >= 0.6 is 0 Å². The standard InChI is InChI=1S/C23H25F4N5O/c24-19(25)12-28-17-4-1-3-14(11-17)23(33)30-16-9-7-15(8-10-16)29-20-5-2-6-21-31-18(22(26)27)13-32(20)21/h1-6,11,13,15-16,19,22,28-29H,7-10,12H2,(H,30,33)/t15-,16+. The number of carbonyl (C=O) groups excluding carboxylic acids is 1. The zero-order chi connectivity index (χ0) is 23.4. The Morgan fingerprint density at radius 3 is 2.48 bits per heavy atom. The van der Waals surface area contributed by atoms with E-state index in [1.54, 1.807) is 40.8 Å². The third kappa shape index (κ3) is 5.74. The number of imidazole rings is 1. The normalized spacial score (nSPS) is 18.6. The Morgan fingerprint density at radius 2 is 1.76 bits per heavy atom. The quantitative estimate of drug-likeness (QED) is 0.407. The predicted molar refractivity (Wildman–Crippen MR) is 118 cm³/mol. The number of aromatic nitrogens is 2. The number of amides is 1. The van der Waals surface area contributed by atoms with Crippen LogP contribution in [0.15, 0.2) is 48.7 Å². The van der Waals surface area contributed by atoms with Crippen LogP contribution < -0.4 is 16.0 Å². The van der Waals surface area contributed by atoms with Gasteiger partial charge in [0.25, 0.3) is 18.8 Å². The maximum absolute atomic E-state index is 13.0. The molecule has 0 bridgehead atoms. The Bertz CT molecular complexity index is 1100. The molecule has 1 saturated carbocycles. The van der Waals surface area contributed by atoms with Gasteiger partial charge in [-0.05, 0) is 56.0 Å². The molecule has 0 radical (unpaired) electrons. The second kappa shape index (κ2) is 10.1. The van der Waals surface area contributed by atoms with Crippen LogP contribution in [0.5, 0.6) is 0 Å². The van der Waals surface area contributed by atoms with E-state index >= 15 is 0 Å². The lowest BCUT2D eigenvalue weighted by atomic mass is 9.91. The fourth-order valence-corrected chi connectivity index (χ4v) is 4.08. The summed E-state index contributed by atoms with van der Waals surface area (Å²) in [6.07, 6.45) is -0.639. The van der Waals surface area contributed by atoms with Crippen molar-refractivity contribution in [3.8, 4) is 0 Å². The molecular weight excluding hydrogens is 438 g/mol. The first-order valence-corrected chi connectivity index (χ1v) is 10.8. The van der Waals surface area contributed by atoms with E-state index in [-0.39, 0.29) is 23.7 Å². The van der Waals surface area contributed by atoms with Crippen LogP contribution in [0.4, 0.5) is 29.1 Å². The summed E-state index contributed by atoms with van der Waals surface area (Å²) in [4.78, 5) is 16.6. The van der Waals surface area contributed by atoms with Crippen LogP contribution in [0.1, 0.15) is 48.2 Å². The molecule has 4 rings (SSSR count). The third-order valence-electron chi connectivity index (χ3n) is 5.73. The summed E-state index contributed by atoms with van der Waals surface area (Å²) in [6, 6.07) is 11.9. The largest absolute Gasteiger partial charge is 0.379 e. The smallest absolute Gasteiger partial charge is 0.281 e. The van der Waals surface area contributed by atoms with Gasteiger partial charge in [-0.1, -0.05) is 12.1 Å². The molecule has 176 valence electrons. The number of benzene rings is 1. The van der Waals surface area contributed by atoms with Crippen LogP contribution in [0.2, 0.25) is 0 Å². The molecule has 0 unspecified atom stereocenters. The maximum Gasteiger partial charge on any atom is 0.281 e. The van der Waals surface area contributed by atoms with Crippen molar-refractivity contribution in [1.82, 2.24) is 14.7 Å². The van der Waals surface area contributed by atoms with Crippen molar-refractivity contribution in [3.05, 3.63) is 59.9 Å². The Balaban J connectivity index is 1.31. The van der Waals surface area contributed by atoms with Gasteiger partial charge in [-0.25, -0.2) is 22.5 Å². The van der Waals surface area contributed by atoms with E-state index in [0.717, 1.165) is 25.7 Å². The average molecular weight is 463 g/mol. The summed E-state index contributed by atoms with van der Waals surface area (Å²) in [7, 11) is 0. The number of nitrogens with one attached hydrogen (secondary N) is 3. The Morgan fingerprint density at radius 1 is 1.03 bits per heavy atom. The first-order chi connectivity index (χ1) is 15.9. The highest BCUT2D eigenvalue weighted by Crippen LogP contribution is 2.25. The average Bonchev–Trinajstić information content (AvgIpc) is 3.25. The second-order valence-electron chi connectivity index (χ2n) is 8.12. The Labute approximate surface area is 188 Å². The van der Waals surface area contributed by atoms with Gasteiger partial charge in [0.05, 0.1) is 6.54 Å². The highest BCUT2D eigenvalue weighted by Gasteiger charge is 2.24. The topological polar surface area (TPSA) is 70.5 Å². The molecular formula is C23H25F4N5O. The molecule has 2 heterocycles. The monoisotopic (exact) mass is 463 g/mol. The van der Waals surface area contributed by atoms with Gasteiger partial charge in [-0.2, -0.15) is 0 Å². The summed E-state index contributed by atoms with van der Waals surface area (Å²) in [6.45, 7) is -0.474. The summed E-state index contributed by atoms with van der Waals surface area (Å²) in [5.74, 6) is 0.460. The van der Waals surface area contributed by atoms with Gasteiger partial charge in [-0.3, -0.25) is 9.20 Å². The van der Waals surface area contributed by atoms with Crippen molar-refractivity contribution in [2.45, 2.75) is 50.6 Å². The van der Waals surface area contributed by atoms with Crippen molar-refractivity contribution < 1.29 is 22.4 Å². The lowest BCUT2D eigenvalue weighted by Gasteiger charge is -2.30. The number of anilines is 2. The molecule has 6 nitrogen and oxygen atoms in total. The minimum Gasteiger partial charge on any atom is -0.379 e. The van der Waals surface area contributed by atoms with Gasteiger partial charge in [0, 0.05) is 29.5 Å². The van der Waals surface area contributed by atoms with Crippen molar-refractivity contribution in [1.29, 1.82) is 0 Å². The fraction of sp³-hybridized carbons (Fsp3) is 0.391. The molecule has 3 aromatic rings. The number of halogens is 4. The highest BCUT2D eigenvalue weighted by atomic mass is 19.3. The summed E-state index contributed by atoms with van der Waals surface area (Å²) < 4.78 is 52.4. The molecule has 0 saturated heterocycles. The van der Waals surface area contributed by atoms with Gasteiger partial charge >= 0.3 is 0 Å². The van der Waals surface area contributed by atoms with Crippen LogP contribution in [0, 0.1) is 0 Å². The Kier molecular flexibility index (Phi) is 7.00. The zero-order valence-corrected chi connectivity index (χ0v) is 17.8. The zero-order valence-electron chi connectivity index (χ0n) is 17.8. The maximum atomic E-state index is 13.0. The SMILES string of the molecule is O=C(N[C@H]1CC[C@@H](Nc2cccc3nc(C(F)F)cn23)CC1)c1cccc(NCC(F)F)c1. The Hall–Kier alpha value is -3.30. The predicted octanol–water partition coefficient (Wildman–Crippen LogP) is 5.10. The van der Waals surface area contributed by atoms with E-state index < -0.39 is 19.4 Å². The molecule has 1 fully saturated rings.